The smallest absolute Gasteiger partial charge is 0.324 e. The van der Waals surface area contributed by atoms with E-state index in [4.69, 9.17) is 0 Å². The molecule has 0 aromatic rings. The van der Waals surface area contributed by atoms with Gasteiger partial charge >= 0.3 is 46.6 Å². The maximum absolute atomic E-state index is 13.8. The summed E-state index contributed by atoms with van der Waals surface area (Å²) >= 11 is 2.35. The van der Waals surface area contributed by atoms with E-state index in [1.807, 2.05) is 0 Å². The third-order valence-corrected chi connectivity index (χ3v) is 12.7. The fourth-order valence-corrected chi connectivity index (χ4v) is 7.17. The lowest BCUT2D eigenvalue weighted by molar-refractivity contribution is -0.912. The highest BCUT2D eigenvalue weighted by atomic mass is 127. The molecule has 0 aromatic heterocycles. The normalized spacial score (nSPS) is 19.5. The standard InChI is InChI=1S/C12H18F9N2O2S.C9H11F9N2O2S.C3H7I.HI/c1-3-6-23(2)7-4-22(5-8-23)26(24,25)12(20,21)10(15,16)9(13,14)11(17,18)19;1-19-2-4-20(5-3-19)23(21,22)9(17,18)7(12,13)6(10,11)8(14,15)16;1-2-3-4;/h3-8H2,1-2H3;2-5H2,1H3;2-3H2,1H3;1H/q+1;;;. The van der Waals surface area contributed by atoms with Gasteiger partial charge in [0.2, 0.25) is 0 Å². The number of halogens is 20. The van der Waals surface area contributed by atoms with E-state index < -0.39 is 92.8 Å². The fourth-order valence-electron chi connectivity index (χ4n) is 4.33. The Labute approximate surface area is 329 Å². The zero-order chi connectivity index (χ0) is 42.7. The van der Waals surface area contributed by atoms with Crippen molar-refractivity contribution in [2.75, 3.05) is 77.4 Å². The van der Waals surface area contributed by atoms with Crippen molar-refractivity contribution in [1.29, 1.82) is 0 Å². The summed E-state index contributed by atoms with van der Waals surface area (Å²) < 4.78 is 279. The topological polar surface area (TPSA) is 78.0 Å². The third kappa shape index (κ3) is 11.0. The second-order valence-corrected chi connectivity index (χ2v) is 17.0. The Morgan fingerprint density at radius 3 is 1.06 bits per heavy atom. The molecule has 2 rings (SSSR count). The average Bonchev–Trinajstić information content (AvgIpc) is 3.00. The summed E-state index contributed by atoms with van der Waals surface area (Å²) in [7, 11) is -9.82. The van der Waals surface area contributed by atoms with Crippen molar-refractivity contribution >= 4 is 66.6 Å². The van der Waals surface area contributed by atoms with Gasteiger partial charge in [-0.2, -0.15) is 87.6 Å². The van der Waals surface area contributed by atoms with Crippen LogP contribution >= 0.6 is 46.6 Å². The van der Waals surface area contributed by atoms with Gasteiger partial charge < -0.3 is 9.38 Å². The van der Waals surface area contributed by atoms with E-state index in [1.165, 1.54) is 22.8 Å². The Bertz CT molecular complexity index is 1400. The predicted octanol–water partition coefficient (Wildman–Crippen LogP) is 7.35. The molecule has 0 saturated carbocycles. The van der Waals surface area contributed by atoms with Gasteiger partial charge in [-0.1, -0.05) is 36.4 Å². The maximum atomic E-state index is 13.8. The monoisotopic (exact) mass is 1110 g/mol. The van der Waals surface area contributed by atoms with E-state index in [2.05, 4.69) is 29.5 Å². The predicted molar refractivity (Wildman–Crippen MR) is 176 cm³/mol. The Hall–Kier alpha value is -0.0600. The number of rotatable bonds is 11. The summed E-state index contributed by atoms with van der Waals surface area (Å²) in [5.74, 6) is -28.8. The van der Waals surface area contributed by atoms with Gasteiger partial charge in [-0.05, 0) is 24.3 Å². The first kappa shape index (κ1) is 56.0. The Morgan fingerprint density at radius 1 is 0.537 bits per heavy atom. The molecular formula is C24H37F18I2N4O4S2+. The van der Waals surface area contributed by atoms with Crippen LogP contribution in [-0.4, -0.2) is 159 Å². The van der Waals surface area contributed by atoms with Crippen LogP contribution in [0.15, 0.2) is 0 Å². The van der Waals surface area contributed by atoms with E-state index in [1.54, 1.807) is 14.0 Å². The van der Waals surface area contributed by atoms with E-state index >= 15 is 0 Å². The van der Waals surface area contributed by atoms with Crippen LogP contribution in [0.3, 0.4) is 0 Å². The van der Waals surface area contributed by atoms with Crippen molar-refractivity contribution in [3.05, 3.63) is 0 Å². The van der Waals surface area contributed by atoms with Crippen molar-refractivity contribution in [2.45, 2.75) is 73.2 Å². The molecule has 8 nitrogen and oxygen atoms in total. The molecule has 0 N–H and O–H groups in total. The van der Waals surface area contributed by atoms with E-state index in [9.17, 15) is 95.9 Å². The molecule has 2 fully saturated rings. The molecule has 0 aliphatic carbocycles. The number of hydrogen-bond donors (Lipinski definition) is 0. The molecule has 2 aliphatic rings. The van der Waals surface area contributed by atoms with Gasteiger partial charge in [0.25, 0.3) is 20.0 Å². The van der Waals surface area contributed by atoms with Crippen molar-refractivity contribution < 1.29 is 100 Å². The summed E-state index contributed by atoms with van der Waals surface area (Å²) in [4.78, 5) is 1.42. The van der Waals surface area contributed by atoms with Crippen LogP contribution < -0.4 is 0 Å². The van der Waals surface area contributed by atoms with Gasteiger partial charge in [0.05, 0.1) is 39.8 Å². The molecule has 0 bridgehead atoms. The molecule has 0 spiro atoms. The van der Waals surface area contributed by atoms with Crippen LogP contribution in [0.2, 0.25) is 0 Å². The lowest BCUT2D eigenvalue weighted by atomic mass is 10.1. The molecule has 328 valence electrons. The van der Waals surface area contributed by atoms with Crippen molar-refractivity contribution in [3.8, 4) is 0 Å². The van der Waals surface area contributed by atoms with Crippen LogP contribution in [-0.2, 0) is 20.0 Å². The Balaban J connectivity index is 0. The Kier molecular flexibility index (Phi) is 19.6. The summed E-state index contributed by atoms with van der Waals surface area (Å²) in [5, 5.41) is -13.3. The third-order valence-electron chi connectivity index (χ3n) is 7.75. The van der Waals surface area contributed by atoms with Crippen LogP contribution in [0.25, 0.3) is 0 Å². The first-order valence-electron chi connectivity index (χ1n) is 14.8. The van der Waals surface area contributed by atoms with Gasteiger partial charge in [-0.15, -0.1) is 24.0 Å². The minimum absolute atomic E-state index is 0. The molecule has 0 atom stereocenters. The molecule has 2 saturated heterocycles. The van der Waals surface area contributed by atoms with Crippen LogP contribution in [0.4, 0.5) is 79.0 Å². The van der Waals surface area contributed by atoms with Gasteiger partial charge in [0, 0.05) is 26.2 Å². The highest BCUT2D eigenvalue weighted by molar-refractivity contribution is 14.1. The van der Waals surface area contributed by atoms with Crippen molar-refractivity contribution in [2.24, 2.45) is 0 Å². The maximum Gasteiger partial charge on any atom is 0.460 e. The minimum Gasteiger partial charge on any atom is -0.324 e. The molecule has 0 amide bonds. The van der Waals surface area contributed by atoms with Crippen LogP contribution in [0.1, 0.15) is 26.7 Å². The fraction of sp³-hybridized carbons (Fsp3) is 1.00. The van der Waals surface area contributed by atoms with E-state index in [0.29, 0.717) is 13.0 Å². The largest absolute Gasteiger partial charge is 0.460 e. The lowest BCUT2D eigenvalue weighted by Crippen LogP contribution is -2.67. The highest BCUT2D eigenvalue weighted by Gasteiger charge is 2.87. The SMILES string of the molecule is CCCI.CCC[N+]1(C)CCN(S(=O)(=O)C(F)(F)C(F)(F)C(F)(F)C(F)(F)F)CC1.CN1CCN(S(=O)(=O)C(F)(F)C(F)(F)C(F)(F)C(F)(F)F)CC1.I. The van der Waals surface area contributed by atoms with Crippen molar-refractivity contribution in [1.82, 2.24) is 13.5 Å². The van der Waals surface area contributed by atoms with Gasteiger partial charge in [-0.25, -0.2) is 16.8 Å². The van der Waals surface area contributed by atoms with Gasteiger partial charge in [0.1, 0.15) is 0 Å². The molecule has 2 heterocycles. The quantitative estimate of drug-likeness (QED) is 0.0937. The van der Waals surface area contributed by atoms with Gasteiger partial charge in [0.15, 0.2) is 0 Å². The average molecular weight is 1110 g/mol. The number of nitrogens with zero attached hydrogens (tertiary/aromatic N) is 4. The number of sulfonamides is 2. The zero-order valence-electron chi connectivity index (χ0n) is 28.3. The summed E-state index contributed by atoms with van der Waals surface area (Å²) in [6, 6.07) is 0. The number of quaternary nitrogens is 1. The van der Waals surface area contributed by atoms with E-state index in [-0.39, 0.29) is 63.2 Å². The Morgan fingerprint density at radius 2 is 0.815 bits per heavy atom. The molecule has 54 heavy (non-hydrogen) atoms. The van der Waals surface area contributed by atoms with Crippen LogP contribution in [0, 0.1) is 0 Å². The lowest BCUT2D eigenvalue weighted by Gasteiger charge is -2.43. The first-order chi connectivity index (χ1) is 23.3. The second-order valence-electron chi connectivity index (χ2n) is 11.9. The molecule has 0 aromatic carbocycles. The zero-order valence-corrected chi connectivity index (χ0v) is 34.4. The van der Waals surface area contributed by atoms with Crippen LogP contribution in [0.5, 0.6) is 0 Å². The molecular weight excluding hydrogens is 1070 g/mol. The highest BCUT2D eigenvalue weighted by Crippen LogP contribution is 2.56. The number of piperazine rings is 2. The first-order valence-corrected chi connectivity index (χ1v) is 19.2. The van der Waals surface area contributed by atoms with Gasteiger partial charge in [-0.3, -0.25) is 0 Å². The second kappa shape index (κ2) is 18.9. The number of alkyl halides is 19. The van der Waals surface area contributed by atoms with E-state index in [0.717, 1.165) is 0 Å². The number of likely N-dealkylation sites (N-methyl/N-ethyl adjacent to an activating group) is 2. The molecule has 2 aliphatic heterocycles. The molecule has 30 heteroatoms. The molecule has 0 unspecified atom stereocenters. The summed E-state index contributed by atoms with van der Waals surface area (Å²) in [6.07, 6.45) is -12.2. The minimum atomic E-state index is -7.24. The van der Waals surface area contributed by atoms with Crippen molar-refractivity contribution in [3.63, 3.8) is 0 Å². The summed E-state index contributed by atoms with van der Waals surface area (Å²) in [5.41, 5.74) is 0. The molecule has 0 radical (unpaired) electrons. The summed E-state index contributed by atoms with van der Waals surface area (Å²) in [6.45, 7) is 1.05. The number of hydrogen-bond acceptors (Lipinski definition) is 5.